The summed E-state index contributed by atoms with van der Waals surface area (Å²) in [6.07, 6.45) is 2.07. The van der Waals surface area contributed by atoms with Crippen LogP contribution >= 0.6 is 35.3 Å². The fourth-order valence-corrected chi connectivity index (χ4v) is 2.54. The van der Waals surface area contributed by atoms with Gasteiger partial charge in [-0.15, -0.1) is 30.3 Å². The standard InChI is InChI=1S/C12H17ClN2OS.ClH/c1-3-6-15(12(16)7-9(2)14)8-10-4-5-11(13)17-10;/h3-5,9H,1,6-8,14H2,2H3;1H. The number of hydrogen-bond acceptors (Lipinski definition) is 3. The number of carbonyl (C=O) groups is 1. The molecule has 0 saturated heterocycles. The van der Waals surface area contributed by atoms with E-state index in [4.69, 9.17) is 17.3 Å². The van der Waals surface area contributed by atoms with Crippen molar-refractivity contribution in [3.05, 3.63) is 34.0 Å². The van der Waals surface area contributed by atoms with Crippen molar-refractivity contribution < 1.29 is 4.79 Å². The van der Waals surface area contributed by atoms with Crippen LogP contribution in [0.1, 0.15) is 18.2 Å². The van der Waals surface area contributed by atoms with Gasteiger partial charge in [0.05, 0.1) is 10.9 Å². The molecular formula is C12H18Cl2N2OS. The Kier molecular flexibility index (Phi) is 8.27. The first-order valence-electron chi connectivity index (χ1n) is 5.41. The van der Waals surface area contributed by atoms with E-state index in [2.05, 4.69) is 6.58 Å². The van der Waals surface area contributed by atoms with Crippen LogP contribution in [-0.4, -0.2) is 23.4 Å². The summed E-state index contributed by atoms with van der Waals surface area (Å²) in [6.45, 7) is 6.58. The minimum absolute atomic E-state index is 0. The molecule has 102 valence electrons. The third-order valence-corrected chi connectivity index (χ3v) is 3.39. The lowest BCUT2D eigenvalue weighted by Gasteiger charge is -2.21. The van der Waals surface area contributed by atoms with Gasteiger partial charge in [0, 0.05) is 23.9 Å². The van der Waals surface area contributed by atoms with Crippen LogP contribution in [0.2, 0.25) is 4.34 Å². The summed E-state index contributed by atoms with van der Waals surface area (Å²) in [5.74, 6) is 0.0458. The molecule has 0 aliphatic carbocycles. The Bertz CT molecular complexity index is 393. The molecule has 0 spiro atoms. The van der Waals surface area contributed by atoms with Crippen molar-refractivity contribution in [3.8, 4) is 0 Å². The van der Waals surface area contributed by atoms with Gasteiger partial charge in [-0.3, -0.25) is 4.79 Å². The molecule has 1 aromatic rings. The van der Waals surface area contributed by atoms with Gasteiger partial charge in [0.15, 0.2) is 0 Å². The number of amides is 1. The Morgan fingerprint density at radius 2 is 2.33 bits per heavy atom. The lowest BCUT2D eigenvalue weighted by Crippen LogP contribution is -2.34. The zero-order chi connectivity index (χ0) is 12.8. The van der Waals surface area contributed by atoms with E-state index in [1.165, 1.54) is 11.3 Å². The van der Waals surface area contributed by atoms with Crippen molar-refractivity contribution in [1.29, 1.82) is 0 Å². The number of hydrogen-bond donors (Lipinski definition) is 1. The molecule has 1 unspecified atom stereocenters. The van der Waals surface area contributed by atoms with E-state index >= 15 is 0 Å². The van der Waals surface area contributed by atoms with Gasteiger partial charge in [0.25, 0.3) is 0 Å². The summed E-state index contributed by atoms with van der Waals surface area (Å²) in [7, 11) is 0. The highest BCUT2D eigenvalue weighted by Gasteiger charge is 2.15. The van der Waals surface area contributed by atoms with E-state index in [-0.39, 0.29) is 24.4 Å². The second-order valence-corrected chi connectivity index (χ2v) is 5.75. The molecular weight excluding hydrogens is 291 g/mol. The molecule has 0 radical (unpaired) electrons. The van der Waals surface area contributed by atoms with Gasteiger partial charge in [-0.25, -0.2) is 0 Å². The van der Waals surface area contributed by atoms with Crippen LogP contribution in [0.25, 0.3) is 0 Å². The SMILES string of the molecule is C=CCN(Cc1ccc(Cl)s1)C(=O)CC(C)N.Cl. The van der Waals surface area contributed by atoms with Crippen molar-refractivity contribution in [3.63, 3.8) is 0 Å². The summed E-state index contributed by atoms with van der Waals surface area (Å²) in [4.78, 5) is 14.7. The fourth-order valence-electron chi connectivity index (χ4n) is 1.44. The van der Waals surface area contributed by atoms with E-state index in [0.717, 1.165) is 9.21 Å². The first kappa shape index (κ1) is 17.4. The zero-order valence-electron chi connectivity index (χ0n) is 10.3. The van der Waals surface area contributed by atoms with Crippen LogP contribution in [0.5, 0.6) is 0 Å². The maximum atomic E-state index is 11.9. The molecule has 1 rings (SSSR count). The molecule has 1 atom stereocenters. The van der Waals surface area contributed by atoms with E-state index in [1.54, 1.807) is 11.0 Å². The number of nitrogens with zero attached hydrogens (tertiary/aromatic N) is 1. The number of halogens is 2. The molecule has 1 heterocycles. The highest BCUT2D eigenvalue weighted by molar-refractivity contribution is 7.16. The minimum atomic E-state index is -0.123. The molecule has 0 saturated carbocycles. The first-order valence-corrected chi connectivity index (χ1v) is 6.61. The zero-order valence-corrected chi connectivity index (χ0v) is 12.7. The third kappa shape index (κ3) is 5.87. The molecule has 2 N–H and O–H groups in total. The first-order chi connectivity index (χ1) is 8.02. The predicted molar refractivity (Wildman–Crippen MR) is 80.5 cm³/mol. The Labute approximate surface area is 123 Å². The summed E-state index contributed by atoms with van der Waals surface area (Å²) >= 11 is 7.34. The van der Waals surface area contributed by atoms with Gasteiger partial charge >= 0.3 is 0 Å². The van der Waals surface area contributed by atoms with Crippen molar-refractivity contribution in [2.24, 2.45) is 5.73 Å². The van der Waals surface area contributed by atoms with Crippen LogP contribution in [0.15, 0.2) is 24.8 Å². The number of thiophene rings is 1. The Hall–Kier alpha value is -0.550. The largest absolute Gasteiger partial charge is 0.334 e. The van der Waals surface area contributed by atoms with Crippen LogP contribution in [0.3, 0.4) is 0 Å². The summed E-state index contributed by atoms with van der Waals surface area (Å²) in [5, 5.41) is 0. The highest BCUT2D eigenvalue weighted by Crippen LogP contribution is 2.22. The fraction of sp³-hybridized carbons (Fsp3) is 0.417. The van der Waals surface area contributed by atoms with Crippen LogP contribution in [0, 0.1) is 0 Å². The average Bonchev–Trinajstić information content (AvgIpc) is 2.62. The van der Waals surface area contributed by atoms with Gasteiger partial charge in [0.2, 0.25) is 5.91 Å². The Morgan fingerprint density at radius 1 is 1.67 bits per heavy atom. The number of nitrogens with two attached hydrogens (primary N) is 1. The van der Waals surface area contributed by atoms with Gasteiger partial charge in [0.1, 0.15) is 0 Å². The third-order valence-electron chi connectivity index (χ3n) is 2.17. The molecule has 0 aliphatic rings. The average molecular weight is 309 g/mol. The predicted octanol–water partition coefficient (Wildman–Crippen LogP) is 3.08. The smallest absolute Gasteiger partial charge is 0.224 e. The highest BCUT2D eigenvalue weighted by atomic mass is 35.5. The van der Waals surface area contributed by atoms with Crippen LogP contribution in [0.4, 0.5) is 0 Å². The second-order valence-electron chi connectivity index (χ2n) is 3.95. The van der Waals surface area contributed by atoms with E-state index in [1.807, 2.05) is 19.1 Å². The minimum Gasteiger partial charge on any atom is -0.334 e. The molecule has 1 aromatic heterocycles. The van der Waals surface area contributed by atoms with Gasteiger partial charge in [-0.05, 0) is 19.1 Å². The summed E-state index contributed by atoms with van der Waals surface area (Å²) in [6, 6.07) is 3.65. The van der Waals surface area contributed by atoms with E-state index in [0.29, 0.717) is 19.5 Å². The molecule has 0 aliphatic heterocycles. The summed E-state index contributed by atoms with van der Waals surface area (Å²) < 4.78 is 0.734. The van der Waals surface area contributed by atoms with E-state index in [9.17, 15) is 4.79 Å². The molecule has 1 amide bonds. The molecule has 18 heavy (non-hydrogen) atoms. The molecule has 3 nitrogen and oxygen atoms in total. The second kappa shape index (κ2) is 8.53. The maximum Gasteiger partial charge on any atom is 0.224 e. The monoisotopic (exact) mass is 308 g/mol. The molecule has 6 heteroatoms. The Morgan fingerprint density at radius 3 is 2.78 bits per heavy atom. The quantitative estimate of drug-likeness (QED) is 0.821. The normalized spacial score (nSPS) is 11.5. The summed E-state index contributed by atoms with van der Waals surface area (Å²) in [5.41, 5.74) is 5.63. The van der Waals surface area contributed by atoms with Crippen molar-refractivity contribution in [2.45, 2.75) is 25.9 Å². The van der Waals surface area contributed by atoms with Gasteiger partial charge in [-0.1, -0.05) is 17.7 Å². The van der Waals surface area contributed by atoms with Crippen LogP contribution < -0.4 is 5.73 Å². The molecule has 0 aromatic carbocycles. The Balaban J connectivity index is 0.00000289. The number of carbonyl (C=O) groups excluding carboxylic acids is 1. The van der Waals surface area contributed by atoms with Crippen LogP contribution in [-0.2, 0) is 11.3 Å². The van der Waals surface area contributed by atoms with E-state index < -0.39 is 0 Å². The van der Waals surface area contributed by atoms with Crippen molar-refractivity contribution in [1.82, 2.24) is 4.90 Å². The van der Waals surface area contributed by atoms with Crippen molar-refractivity contribution >= 4 is 41.3 Å². The maximum absolute atomic E-state index is 11.9. The molecule has 0 bridgehead atoms. The van der Waals surface area contributed by atoms with Crippen molar-refractivity contribution in [2.75, 3.05) is 6.54 Å². The lowest BCUT2D eigenvalue weighted by atomic mass is 10.2. The lowest BCUT2D eigenvalue weighted by molar-refractivity contribution is -0.131. The topological polar surface area (TPSA) is 46.3 Å². The number of rotatable bonds is 6. The molecule has 0 fully saturated rings. The van der Waals surface area contributed by atoms with Gasteiger partial charge < -0.3 is 10.6 Å². The van der Waals surface area contributed by atoms with Gasteiger partial charge in [-0.2, -0.15) is 0 Å².